The smallest absolute Gasteiger partial charge is 0.410 e. The third kappa shape index (κ3) is 5.24. The van der Waals surface area contributed by atoms with Crippen molar-refractivity contribution in [2.45, 2.75) is 36.1 Å². The second-order valence-electron chi connectivity index (χ2n) is 8.46. The minimum Gasteiger partial charge on any atom is -0.445 e. The lowest BCUT2D eigenvalue weighted by Gasteiger charge is -2.31. The number of benzene rings is 3. The van der Waals surface area contributed by atoms with Crippen LogP contribution in [0.3, 0.4) is 0 Å². The molecule has 0 aliphatic carbocycles. The maximum atomic E-state index is 12.5. The molecule has 0 atom stereocenters. The Morgan fingerprint density at radius 1 is 1.00 bits per heavy atom. The first kappa shape index (κ1) is 22.8. The minimum atomic E-state index is -0.254. The predicted octanol–water partition coefficient (Wildman–Crippen LogP) is 6.96. The van der Waals surface area contributed by atoms with Crippen LogP contribution in [0.15, 0.2) is 83.9 Å². The van der Waals surface area contributed by atoms with Crippen LogP contribution < -0.4 is 0 Å². The van der Waals surface area contributed by atoms with E-state index in [1.807, 2.05) is 48.7 Å². The third-order valence-electron chi connectivity index (χ3n) is 6.16. The van der Waals surface area contributed by atoms with Crippen molar-refractivity contribution in [3.63, 3.8) is 0 Å². The Labute approximate surface area is 208 Å². The van der Waals surface area contributed by atoms with Gasteiger partial charge in [0.15, 0.2) is 0 Å². The summed E-state index contributed by atoms with van der Waals surface area (Å²) in [6, 6.07) is 24.6. The first-order valence-corrected chi connectivity index (χ1v) is 12.8. The van der Waals surface area contributed by atoms with Crippen LogP contribution in [0.25, 0.3) is 10.9 Å². The van der Waals surface area contributed by atoms with Crippen LogP contribution in [0.1, 0.15) is 30.0 Å². The molecule has 1 saturated heterocycles. The summed E-state index contributed by atoms with van der Waals surface area (Å²) >= 11 is 8.38. The lowest BCUT2D eigenvalue weighted by molar-refractivity contribution is 0.0825. The molecule has 1 aliphatic heterocycles. The number of amides is 1. The highest BCUT2D eigenvalue weighted by atomic mass is 35.5. The van der Waals surface area contributed by atoms with E-state index in [2.05, 4.69) is 40.1 Å². The van der Waals surface area contributed by atoms with Crippen molar-refractivity contribution in [1.29, 1.82) is 0 Å². The SMILES string of the molecule is O=C(OCc1ccccc1)N1CCC(n2ncc3c(Cl)cc(SCc4ccccc4)cc32)CC1. The summed E-state index contributed by atoms with van der Waals surface area (Å²) < 4.78 is 7.59. The number of nitrogens with zero attached hydrogens (tertiary/aromatic N) is 3. The average molecular weight is 492 g/mol. The van der Waals surface area contributed by atoms with Gasteiger partial charge in [-0.15, -0.1) is 11.8 Å². The van der Waals surface area contributed by atoms with Crippen LogP contribution in [0.5, 0.6) is 0 Å². The molecular formula is C27H26ClN3O2S. The van der Waals surface area contributed by atoms with Crippen molar-refractivity contribution in [2.24, 2.45) is 0 Å². The highest BCUT2D eigenvalue weighted by Crippen LogP contribution is 2.34. The number of aromatic nitrogens is 2. The molecule has 0 bridgehead atoms. The van der Waals surface area contributed by atoms with Crippen molar-refractivity contribution in [2.75, 3.05) is 13.1 Å². The largest absolute Gasteiger partial charge is 0.445 e. The highest BCUT2D eigenvalue weighted by molar-refractivity contribution is 7.98. The minimum absolute atomic E-state index is 0.223. The highest BCUT2D eigenvalue weighted by Gasteiger charge is 2.26. The zero-order valence-electron chi connectivity index (χ0n) is 18.8. The summed E-state index contributed by atoms with van der Waals surface area (Å²) in [7, 11) is 0. The van der Waals surface area contributed by atoms with E-state index >= 15 is 0 Å². The van der Waals surface area contributed by atoms with Crippen molar-refractivity contribution in [1.82, 2.24) is 14.7 Å². The quantitative estimate of drug-likeness (QED) is 0.274. The molecule has 4 aromatic rings. The molecule has 0 N–H and O–H groups in total. The first-order valence-electron chi connectivity index (χ1n) is 11.5. The molecule has 1 amide bonds. The molecule has 2 heterocycles. The van der Waals surface area contributed by atoms with E-state index in [-0.39, 0.29) is 12.1 Å². The molecule has 0 saturated carbocycles. The summed E-state index contributed by atoms with van der Waals surface area (Å²) in [6.45, 7) is 1.59. The van der Waals surface area contributed by atoms with Gasteiger partial charge in [-0.2, -0.15) is 5.10 Å². The standard InChI is InChI=1S/C27H26ClN3O2S/c28-25-15-23(34-19-21-9-5-2-6-10-21)16-26-24(25)17-29-31(26)22-11-13-30(14-12-22)27(32)33-18-20-7-3-1-4-8-20/h1-10,15-17,22H,11-14,18-19H2. The van der Waals surface area contributed by atoms with Crippen molar-refractivity contribution in [3.05, 3.63) is 95.1 Å². The number of carbonyl (C=O) groups is 1. The van der Waals surface area contributed by atoms with Gasteiger partial charge >= 0.3 is 6.09 Å². The number of hydrogen-bond donors (Lipinski definition) is 0. The number of thioether (sulfide) groups is 1. The van der Waals surface area contributed by atoms with Crippen LogP contribution in [-0.4, -0.2) is 33.9 Å². The fourth-order valence-electron chi connectivity index (χ4n) is 4.30. The molecule has 0 radical (unpaired) electrons. The second-order valence-corrected chi connectivity index (χ2v) is 9.92. The Bertz CT molecular complexity index is 1260. The lowest BCUT2D eigenvalue weighted by atomic mass is 10.1. The lowest BCUT2D eigenvalue weighted by Crippen LogP contribution is -2.39. The van der Waals surface area contributed by atoms with E-state index in [1.54, 1.807) is 16.7 Å². The molecule has 1 aliphatic rings. The van der Waals surface area contributed by atoms with E-state index < -0.39 is 0 Å². The molecule has 0 spiro atoms. The van der Waals surface area contributed by atoms with Crippen LogP contribution in [-0.2, 0) is 17.1 Å². The molecule has 7 heteroatoms. The summed E-state index contributed by atoms with van der Waals surface area (Å²) in [4.78, 5) is 15.4. The maximum Gasteiger partial charge on any atom is 0.410 e. The van der Waals surface area contributed by atoms with Gasteiger partial charge in [0.2, 0.25) is 0 Å². The fourth-order valence-corrected chi connectivity index (χ4v) is 5.55. The molecule has 174 valence electrons. The molecular weight excluding hydrogens is 466 g/mol. The van der Waals surface area contributed by atoms with Crippen LogP contribution in [0.4, 0.5) is 4.79 Å². The van der Waals surface area contributed by atoms with Gasteiger partial charge in [-0.25, -0.2) is 4.79 Å². The Morgan fingerprint density at radius 2 is 1.68 bits per heavy atom. The van der Waals surface area contributed by atoms with E-state index in [9.17, 15) is 4.79 Å². The van der Waals surface area contributed by atoms with Crippen molar-refractivity contribution < 1.29 is 9.53 Å². The Morgan fingerprint density at radius 3 is 2.38 bits per heavy atom. The van der Waals surface area contributed by atoms with Crippen LogP contribution >= 0.6 is 23.4 Å². The summed E-state index contributed by atoms with van der Waals surface area (Å²) in [5.74, 6) is 0.889. The van der Waals surface area contributed by atoms with Gasteiger partial charge in [-0.1, -0.05) is 72.3 Å². The van der Waals surface area contributed by atoms with Gasteiger partial charge in [0.25, 0.3) is 0 Å². The van der Waals surface area contributed by atoms with E-state index in [4.69, 9.17) is 16.3 Å². The van der Waals surface area contributed by atoms with E-state index in [0.717, 1.165) is 45.0 Å². The zero-order chi connectivity index (χ0) is 23.3. The third-order valence-corrected chi connectivity index (χ3v) is 7.52. The number of fused-ring (bicyclic) bond motifs is 1. The van der Waals surface area contributed by atoms with Crippen LogP contribution in [0, 0.1) is 0 Å². The summed E-state index contributed by atoms with van der Waals surface area (Å²) in [5, 5.41) is 6.36. The van der Waals surface area contributed by atoms with Crippen molar-refractivity contribution >= 4 is 40.4 Å². The molecule has 34 heavy (non-hydrogen) atoms. The molecule has 1 fully saturated rings. The number of rotatable bonds is 6. The average Bonchev–Trinajstić information content (AvgIpc) is 3.32. The Kier molecular flexibility index (Phi) is 7.07. The van der Waals surface area contributed by atoms with Gasteiger partial charge < -0.3 is 9.64 Å². The molecule has 0 unspecified atom stereocenters. The maximum absolute atomic E-state index is 12.5. The second kappa shape index (κ2) is 10.5. The summed E-state index contributed by atoms with van der Waals surface area (Å²) in [5.41, 5.74) is 3.32. The monoisotopic (exact) mass is 491 g/mol. The van der Waals surface area contributed by atoms with E-state index in [0.29, 0.717) is 19.7 Å². The fraction of sp³-hybridized carbons (Fsp3) is 0.259. The predicted molar refractivity (Wildman–Crippen MR) is 137 cm³/mol. The van der Waals surface area contributed by atoms with Crippen molar-refractivity contribution in [3.8, 4) is 0 Å². The molecule has 5 nitrogen and oxygen atoms in total. The number of halogens is 1. The Hall–Kier alpha value is -2.96. The normalized spacial score (nSPS) is 14.4. The number of hydrogen-bond acceptors (Lipinski definition) is 4. The van der Waals surface area contributed by atoms with Gasteiger partial charge in [0.05, 0.1) is 22.8 Å². The number of piperidine rings is 1. The van der Waals surface area contributed by atoms with Gasteiger partial charge in [-0.05, 0) is 36.1 Å². The number of ether oxygens (including phenoxy) is 1. The zero-order valence-corrected chi connectivity index (χ0v) is 20.3. The number of carbonyl (C=O) groups excluding carboxylic acids is 1. The van der Waals surface area contributed by atoms with Gasteiger partial charge in [0.1, 0.15) is 6.61 Å². The van der Waals surface area contributed by atoms with E-state index in [1.165, 1.54) is 5.56 Å². The first-order chi connectivity index (χ1) is 16.7. The van der Waals surface area contributed by atoms with Gasteiger partial charge in [-0.3, -0.25) is 4.68 Å². The topological polar surface area (TPSA) is 47.4 Å². The van der Waals surface area contributed by atoms with Gasteiger partial charge in [0, 0.05) is 29.1 Å². The molecule has 1 aromatic heterocycles. The van der Waals surface area contributed by atoms with Crippen LogP contribution in [0.2, 0.25) is 5.02 Å². The molecule has 3 aromatic carbocycles. The molecule has 5 rings (SSSR count). The number of likely N-dealkylation sites (tertiary alicyclic amines) is 1. The Balaban J connectivity index is 1.23. The summed E-state index contributed by atoms with van der Waals surface area (Å²) in [6.07, 6.45) is 3.26.